The Morgan fingerprint density at radius 3 is 2.59 bits per heavy atom. The maximum Gasteiger partial charge on any atom is 0.315 e. The number of allylic oxidation sites excluding steroid dienone is 1. The van der Waals surface area contributed by atoms with Gasteiger partial charge in [-0.1, -0.05) is 52.7 Å². The zero-order valence-corrected chi connectivity index (χ0v) is 18.7. The van der Waals surface area contributed by atoms with Gasteiger partial charge >= 0.3 is 5.97 Å². The number of carbonyl (C=O) groups excluding carboxylic acids is 1. The number of carbonyl (C=O) groups is 2. The highest BCUT2D eigenvalue weighted by Crippen LogP contribution is 2.82. The fourth-order valence-electron chi connectivity index (χ4n) is 8.21. The molecule has 0 spiro atoms. The van der Waals surface area contributed by atoms with E-state index >= 15 is 0 Å². The summed E-state index contributed by atoms with van der Waals surface area (Å²) in [5.74, 6) is 1.23. The number of carboxylic acid groups (broad SMARTS) is 1. The van der Waals surface area contributed by atoms with Crippen LogP contribution in [-0.4, -0.2) is 30.6 Å². The largest absolute Gasteiger partial charge is 0.481 e. The van der Waals surface area contributed by atoms with Crippen LogP contribution in [0.2, 0.25) is 0 Å². The predicted octanol–water partition coefficient (Wildman–Crippen LogP) is 4.97. The SMILES string of the molecule is CC(C)CCOCC12CC3C(C)CCC3[C@@]3(C=O)C[C@@H]1C=C(C(C)C)[C@]23C(=O)O. The highest BCUT2D eigenvalue weighted by atomic mass is 16.5. The molecule has 7 atom stereocenters. The summed E-state index contributed by atoms with van der Waals surface area (Å²) >= 11 is 0. The van der Waals surface area contributed by atoms with Gasteiger partial charge in [0.15, 0.2) is 0 Å². The van der Waals surface area contributed by atoms with Crippen LogP contribution in [0.5, 0.6) is 0 Å². The maximum atomic E-state index is 13.2. The summed E-state index contributed by atoms with van der Waals surface area (Å²) in [4.78, 5) is 26.1. The van der Waals surface area contributed by atoms with Crippen LogP contribution in [0, 0.1) is 51.8 Å². The Hall–Kier alpha value is -1.16. The van der Waals surface area contributed by atoms with E-state index in [1.807, 2.05) is 0 Å². The van der Waals surface area contributed by atoms with Crippen molar-refractivity contribution in [1.29, 1.82) is 0 Å². The first-order valence-corrected chi connectivity index (χ1v) is 11.7. The van der Waals surface area contributed by atoms with E-state index in [9.17, 15) is 14.7 Å². The van der Waals surface area contributed by atoms with Crippen molar-refractivity contribution >= 4 is 12.3 Å². The summed E-state index contributed by atoms with van der Waals surface area (Å²) in [6, 6.07) is 0. The van der Waals surface area contributed by atoms with Gasteiger partial charge in [0.2, 0.25) is 0 Å². The van der Waals surface area contributed by atoms with Crippen molar-refractivity contribution in [3.63, 3.8) is 0 Å². The molecule has 1 N–H and O–H groups in total. The number of fused-ring (bicyclic) bond motifs is 2. The van der Waals surface area contributed by atoms with E-state index in [1.54, 1.807) is 0 Å². The first kappa shape index (κ1) is 21.1. The molecule has 0 aliphatic heterocycles. The van der Waals surface area contributed by atoms with Crippen LogP contribution >= 0.6 is 0 Å². The molecule has 4 aliphatic rings. The van der Waals surface area contributed by atoms with Crippen molar-refractivity contribution in [3.05, 3.63) is 11.6 Å². The van der Waals surface area contributed by atoms with E-state index < -0.39 is 22.2 Å². The molecule has 4 heteroatoms. The summed E-state index contributed by atoms with van der Waals surface area (Å²) in [7, 11) is 0. The van der Waals surface area contributed by atoms with Crippen molar-refractivity contribution in [2.24, 2.45) is 51.8 Å². The van der Waals surface area contributed by atoms with Gasteiger partial charge in [-0.2, -0.15) is 0 Å². The second-order valence-electron chi connectivity index (χ2n) is 11.2. The number of hydrogen-bond acceptors (Lipinski definition) is 3. The second kappa shape index (κ2) is 6.93. The molecule has 4 bridgehead atoms. The zero-order valence-electron chi connectivity index (χ0n) is 18.7. The van der Waals surface area contributed by atoms with Gasteiger partial charge in [0, 0.05) is 12.0 Å². The van der Waals surface area contributed by atoms with E-state index in [-0.39, 0.29) is 17.8 Å². The van der Waals surface area contributed by atoms with Gasteiger partial charge < -0.3 is 14.6 Å². The molecule has 3 saturated carbocycles. The summed E-state index contributed by atoms with van der Waals surface area (Å²) < 4.78 is 6.25. The van der Waals surface area contributed by atoms with Gasteiger partial charge in [0.05, 0.1) is 12.0 Å². The predicted molar refractivity (Wildman–Crippen MR) is 112 cm³/mol. The lowest BCUT2D eigenvalue weighted by Gasteiger charge is -2.58. The van der Waals surface area contributed by atoms with Crippen LogP contribution in [0.25, 0.3) is 0 Å². The van der Waals surface area contributed by atoms with E-state index in [0.717, 1.165) is 37.5 Å². The molecule has 4 rings (SSSR count). The van der Waals surface area contributed by atoms with Gasteiger partial charge in [-0.15, -0.1) is 0 Å². The highest BCUT2D eigenvalue weighted by Gasteiger charge is 2.84. The maximum absolute atomic E-state index is 13.2. The molecule has 4 aliphatic carbocycles. The molecule has 29 heavy (non-hydrogen) atoms. The Bertz CT molecular complexity index is 724. The Morgan fingerprint density at radius 1 is 1.28 bits per heavy atom. The molecule has 3 fully saturated rings. The quantitative estimate of drug-likeness (QED) is 0.353. The highest BCUT2D eigenvalue weighted by molar-refractivity contribution is 5.90. The molecule has 4 nitrogen and oxygen atoms in total. The minimum Gasteiger partial charge on any atom is -0.481 e. The lowest BCUT2D eigenvalue weighted by atomic mass is 9.43. The smallest absolute Gasteiger partial charge is 0.315 e. The van der Waals surface area contributed by atoms with Crippen molar-refractivity contribution in [3.8, 4) is 0 Å². The topological polar surface area (TPSA) is 63.6 Å². The third-order valence-corrected chi connectivity index (χ3v) is 9.32. The average molecular weight is 403 g/mol. The molecule has 0 aromatic rings. The zero-order chi connectivity index (χ0) is 21.2. The number of rotatable bonds is 8. The van der Waals surface area contributed by atoms with E-state index in [2.05, 4.69) is 40.7 Å². The van der Waals surface area contributed by atoms with Gasteiger partial charge in [-0.05, 0) is 61.2 Å². The number of ether oxygens (including phenoxy) is 1. The normalized spacial score (nSPS) is 45.0. The fourth-order valence-corrected chi connectivity index (χ4v) is 8.21. The molecule has 0 radical (unpaired) electrons. The molecule has 162 valence electrons. The monoisotopic (exact) mass is 402 g/mol. The van der Waals surface area contributed by atoms with Crippen molar-refractivity contribution in [2.75, 3.05) is 13.2 Å². The number of carboxylic acids is 1. The summed E-state index contributed by atoms with van der Waals surface area (Å²) in [6.45, 7) is 12.0. The van der Waals surface area contributed by atoms with Crippen LogP contribution in [0.15, 0.2) is 11.6 Å². The van der Waals surface area contributed by atoms with Crippen LogP contribution in [0.4, 0.5) is 0 Å². The van der Waals surface area contributed by atoms with Crippen LogP contribution in [0.1, 0.15) is 66.7 Å². The van der Waals surface area contributed by atoms with Crippen molar-refractivity contribution in [2.45, 2.75) is 66.7 Å². The molecular formula is C25H38O4. The Morgan fingerprint density at radius 2 is 2.00 bits per heavy atom. The van der Waals surface area contributed by atoms with E-state index in [0.29, 0.717) is 37.4 Å². The molecule has 4 unspecified atom stereocenters. The third-order valence-electron chi connectivity index (χ3n) is 9.32. The van der Waals surface area contributed by atoms with Gasteiger partial charge in [-0.25, -0.2) is 0 Å². The van der Waals surface area contributed by atoms with Gasteiger partial charge in [-0.3, -0.25) is 4.79 Å². The van der Waals surface area contributed by atoms with Crippen molar-refractivity contribution < 1.29 is 19.4 Å². The molecule has 0 heterocycles. The molecule has 0 aromatic heterocycles. The van der Waals surface area contributed by atoms with Gasteiger partial charge in [0.25, 0.3) is 0 Å². The van der Waals surface area contributed by atoms with E-state index in [1.165, 1.54) is 0 Å². The van der Waals surface area contributed by atoms with Crippen molar-refractivity contribution in [1.82, 2.24) is 0 Å². The lowest BCUT2D eigenvalue weighted by molar-refractivity contribution is -0.186. The molecule has 0 aromatic carbocycles. The number of hydrogen-bond donors (Lipinski definition) is 1. The fraction of sp³-hybridized carbons (Fsp3) is 0.840. The Kier molecular flexibility index (Phi) is 5.04. The first-order chi connectivity index (χ1) is 13.7. The number of aliphatic carboxylic acids is 1. The third kappa shape index (κ3) is 2.41. The summed E-state index contributed by atoms with van der Waals surface area (Å²) in [6.07, 6.45) is 8.00. The minimum atomic E-state index is -1.09. The van der Waals surface area contributed by atoms with Crippen LogP contribution < -0.4 is 0 Å². The molecule has 0 saturated heterocycles. The standard InChI is InChI=1S/C25H38O4/c1-15(2)8-9-29-14-24-12-19-17(5)6-7-20(19)23(13-26)11-18(24)10-21(16(3)4)25(23,24)22(27)28/h10,13,15-20H,6-9,11-12,14H2,1-5H3,(H,27,28)/t17?,18-,19?,20?,23-,24?,25+/m0/s1. The molecule has 0 amide bonds. The average Bonchev–Trinajstić information content (AvgIpc) is 3.22. The number of aldehydes is 1. The summed E-state index contributed by atoms with van der Waals surface area (Å²) in [5, 5.41) is 10.9. The van der Waals surface area contributed by atoms with Gasteiger partial charge in [0.1, 0.15) is 11.7 Å². The minimum absolute atomic E-state index is 0.126. The lowest BCUT2D eigenvalue weighted by Crippen LogP contribution is -2.63. The second-order valence-corrected chi connectivity index (χ2v) is 11.2. The Labute approximate surface area is 175 Å². The Balaban J connectivity index is 1.84. The van der Waals surface area contributed by atoms with Crippen LogP contribution in [-0.2, 0) is 14.3 Å². The van der Waals surface area contributed by atoms with E-state index in [4.69, 9.17) is 4.74 Å². The van der Waals surface area contributed by atoms with Crippen LogP contribution in [0.3, 0.4) is 0 Å². The molecular weight excluding hydrogens is 364 g/mol. The first-order valence-electron chi connectivity index (χ1n) is 11.7. The summed E-state index contributed by atoms with van der Waals surface area (Å²) in [5.41, 5.74) is -1.34.